The summed E-state index contributed by atoms with van der Waals surface area (Å²) in [5.41, 5.74) is 3.08. The predicted molar refractivity (Wildman–Crippen MR) is 115 cm³/mol. The summed E-state index contributed by atoms with van der Waals surface area (Å²) in [5, 5.41) is 10.6. The van der Waals surface area contributed by atoms with Gasteiger partial charge in [0.25, 0.3) is 0 Å². The monoisotopic (exact) mass is 411 g/mol. The van der Waals surface area contributed by atoms with Crippen molar-refractivity contribution in [2.75, 3.05) is 11.0 Å². The van der Waals surface area contributed by atoms with E-state index in [0.29, 0.717) is 30.0 Å². The number of hydrogen-bond donors (Lipinski definition) is 2. The first-order valence-corrected chi connectivity index (χ1v) is 11.3. The van der Waals surface area contributed by atoms with Crippen LogP contribution in [0.3, 0.4) is 0 Å². The number of aliphatic hydroxyl groups excluding tert-OH is 1. The zero-order valence-corrected chi connectivity index (χ0v) is 17.1. The van der Waals surface area contributed by atoms with Gasteiger partial charge in [-0.2, -0.15) is 0 Å². The molecular formula is C23H25NO4S. The van der Waals surface area contributed by atoms with Crippen molar-refractivity contribution >= 4 is 15.7 Å². The largest absolute Gasteiger partial charge is 0.487 e. The Morgan fingerprint density at radius 2 is 1.55 bits per heavy atom. The summed E-state index contributed by atoms with van der Waals surface area (Å²) in [6, 6.07) is 24.6. The molecule has 152 valence electrons. The summed E-state index contributed by atoms with van der Waals surface area (Å²) < 4.78 is 31.9. The van der Waals surface area contributed by atoms with Crippen LogP contribution in [0.15, 0.2) is 78.9 Å². The van der Waals surface area contributed by atoms with Crippen LogP contribution >= 0.6 is 0 Å². The van der Waals surface area contributed by atoms with E-state index in [1.165, 1.54) is 0 Å². The lowest BCUT2D eigenvalue weighted by Crippen LogP contribution is -2.12. The lowest BCUT2D eigenvalue weighted by Gasteiger charge is -2.17. The maximum atomic E-state index is 11.8. The summed E-state index contributed by atoms with van der Waals surface area (Å²) in [6.07, 6.45) is 1.64. The molecule has 0 heterocycles. The van der Waals surface area contributed by atoms with Crippen molar-refractivity contribution in [1.29, 1.82) is 0 Å². The molecule has 1 atom stereocenters. The minimum Gasteiger partial charge on any atom is -0.487 e. The van der Waals surface area contributed by atoms with Crippen LogP contribution in [0.4, 0.5) is 5.69 Å². The second-order valence-electron chi connectivity index (χ2n) is 6.94. The number of sulfonamides is 1. The van der Waals surface area contributed by atoms with Crippen LogP contribution in [-0.2, 0) is 23.1 Å². The summed E-state index contributed by atoms with van der Waals surface area (Å²) in [6.45, 7) is 0.315. The van der Waals surface area contributed by atoms with Gasteiger partial charge in [0, 0.05) is 0 Å². The van der Waals surface area contributed by atoms with Gasteiger partial charge in [-0.3, -0.25) is 4.72 Å². The van der Waals surface area contributed by atoms with Gasteiger partial charge in [-0.05, 0) is 41.7 Å². The third-order valence-corrected chi connectivity index (χ3v) is 5.06. The molecule has 0 aromatic heterocycles. The minimum absolute atomic E-state index is 0.315. The first-order valence-electron chi connectivity index (χ1n) is 9.41. The summed E-state index contributed by atoms with van der Waals surface area (Å²) in [5.74, 6) is 0.415. The normalized spacial score (nSPS) is 12.3. The van der Waals surface area contributed by atoms with E-state index in [1.807, 2.05) is 60.7 Å². The molecule has 0 radical (unpaired) electrons. The molecule has 29 heavy (non-hydrogen) atoms. The average Bonchev–Trinajstić information content (AvgIpc) is 2.71. The molecule has 3 rings (SSSR count). The van der Waals surface area contributed by atoms with E-state index in [9.17, 15) is 13.5 Å². The summed E-state index contributed by atoms with van der Waals surface area (Å²) >= 11 is 0. The molecule has 3 aromatic rings. The molecule has 5 nitrogen and oxygen atoms in total. The molecule has 0 bridgehead atoms. The molecule has 0 saturated heterocycles. The third-order valence-electron chi connectivity index (χ3n) is 4.47. The van der Waals surface area contributed by atoms with Crippen LogP contribution in [0.2, 0.25) is 0 Å². The van der Waals surface area contributed by atoms with Gasteiger partial charge in [0.1, 0.15) is 12.4 Å². The smallest absolute Gasteiger partial charge is 0.229 e. The number of rotatable bonds is 9. The van der Waals surface area contributed by atoms with Crippen LogP contribution in [0, 0.1) is 0 Å². The topological polar surface area (TPSA) is 75.6 Å². The number of nitrogens with one attached hydrogen (secondary N) is 1. The van der Waals surface area contributed by atoms with Gasteiger partial charge in [0.2, 0.25) is 10.0 Å². The molecule has 0 amide bonds. The molecular weight excluding hydrogens is 386 g/mol. The quantitative estimate of drug-likeness (QED) is 0.550. The van der Waals surface area contributed by atoms with Crippen molar-refractivity contribution in [3.8, 4) is 5.75 Å². The van der Waals surface area contributed by atoms with E-state index in [1.54, 1.807) is 18.2 Å². The van der Waals surface area contributed by atoms with Crippen LogP contribution in [0.25, 0.3) is 0 Å². The standard InChI is InChI=1S/C23H25NO4S/c1-29(26,27)24-21-16-20(22(25)14-12-18-8-4-2-5-9-18)13-15-23(21)28-17-19-10-6-3-7-11-19/h2-11,13,15-16,22,24-25H,12,14,17H2,1H3/t22-/m1/s1. The molecule has 6 heteroatoms. The Morgan fingerprint density at radius 3 is 2.17 bits per heavy atom. The maximum Gasteiger partial charge on any atom is 0.229 e. The Kier molecular flexibility index (Phi) is 6.90. The molecule has 2 N–H and O–H groups in total. The average molecular weight is 412 g/mol. The first-order chi connectivity index (χ1) is 13.9. The Morgan fingerprint density at radius 1 is 0.931 bits per heavy atom. The van der Waals surface area contributed by atoms with E-state index >= 15 is 0 Å². The van der Waals surface area contributed by atoms with Crippen LogP contribution in [0.5, 0.6) is 5.75 Å². The van der Waals surface area contributed by atoms with Crippen molar-refractivity contribution in [2.45, 2.75) is 25.6 Å². The maximum absolute atomic E-state index is 11.8. The molecule has 0 fully saturated rings. The van der Waals surface area contributed by atoms with E-state index in [-0.39, 0.29) is 0 Å². The highest BCUT2D eigenvalue weighted by molar-refractivity contribution is 7.92. The van der Waals surface area contributed by atoms with Crippen molar-refractivity contribution < 1.29 is 18.3 Å². The number of aryl methyl sites for hydroxylation is 1. The van der Waals surface area contributed by atoms with Crippen molar-refractivity contribution in [3.05, 3.63) is 95.6 Å². The first kappa shape index (κ1) is 20.9. The Labute approximate surface area is 172 Å². The van der Waals surface area contributed by atoms with Crippen LogP contribution in [-0.4, -0.2) is 19.8 Å². The van der Waals surface area contributed by atoms with Gasteiger partial charge in [-0.1, -0.05) is 66.7 Å². The zero-order chi connectivity index (χ0) is 20.7. The Hall–Kier alpha value is -2.83. The fourth-order valence-electron chi connectivity index (χ4n) is 3.01. The lowest BCUT2D eigenvalue weighted by atomic mass is 10.0. The molecule has 0 aliphatic heterocycles. The summed E-state index contributed by atoms with van der Waals surface area (Å²) in [4.78, 5) is 0. The number of benzene rings is 3. The zero-order valence-electron chi connectivity index (χ0n) is 16.3. The van der Waals surface area contributed by atoms with Crippen molar-refractivity contribution in [2.24, 2.45) is 0 Å². The van der Waals surface area contributed by atoms with E-state index in [0.717, 1.165) is 23.8 Å². The molecule has 0 saturated carbocycles. The van der Waals surface area contributed by atoms with Gasteiger partial charge >= 0.3 is 0 Å². The SMILES string of the molecule is CS(=O)(=O)Nc1cc([C@H](O)CCc2ccccc2)ccc1OCc1ccccc1. The molecule has 0 aliphatic carbocycles. The fraction of sp³-hybridized carbons (Fsp3) is 0.217. The fourth-order valence-corrected chi connectivity index (χ4v) is 3.57. The summed E-state index contributed by atoms with van der Waals surface area (Å²) in [7, 11) is -3.49. The third kappa shape index (κ3) is 6.62. The van der Waals surface area contributed by atoms with Crippen molar-refractivity contribution in [3.63, 3.8) is 0 Å². The number of aliphatic hydroxyl groups is 1. The van der Waals surface area contributed by atoms with Crippen LogP contribution < -0.4 is 9.46 Å². The van der Waals surface area contributed by atoms with Crippen LogP contribution in [0.1, 0.15) is 29.2 Å². The highest BCUT2D eigenvalue weighted by Gasteiger charge is 2.14. The molecule has 3 aromatic carbocycles. The highest BCUT2D eigenvalue weighted by Crippen LogP contribution is 2.31. The van der Waals surface area contributed by atoms with E-state index in [4.69, 9.17) is 4.74 Å². The highest BCUT2D eigenvalue weighted by atomic mass is 32.2. The molecule has 0 aliphatic rings. The number of ether oxygens (including phenoxy) is 1. The Bertz CT molecular complexity index is 1020. The van der Waals surface area contributed by atoms with Gasteiger partial charge in [-0.15, -0.1) is 0 Å². The minimum atomic E-state index is -3.49. The lowest BCUT2D eigenvalue weighted by molar-refractivity contribution is 0.168. The van der Waals surface area contributed by atoms with E-state index in [2.05, 4.69) is 4.72 Å². The van der Waals surface area contributed by atoms with Gasteiger partial charge in [-0.25, -0.2) is 8.42 Å². The Balaban J connectivity index is 1.75. The number of anilines is 1. The molecule has 0 spiro atoms. The predicted octanol–water partition coefficient (Wildman–Crippen LogP) is 4.30. The van der Waals surface area contributed by atoms with Crippen molar-refractivity contribution in [1.82, 2.24) is 0 Å². The van der Waals surface area contributed by atoms with Gasteiger partial charge in [0.15, 0.2) is 0 Å². The second kappa shape index (κ2) is 9.58. The second-order valence-corrected chi connectivity index (χ2v) is 8.69. The molecule has 0 unspecified atom stereocenters. The van der Waals surface area contributed by atoms with E-state index < -0.39 is 16.1 Å². The van der Waals surface area contributed by atoms with Gasteiger partial charge < -0.3 is 9.84 Å². The van der Waals surface area contributed by atoms with Gasteiger partial charge in [0.05, 0.1) is 18.0 Å². The number of hydrogen-bond acceptors (Lipinski definition) is 4.